The lowest BCUT2D eigenvalue weighted by atomic mass is 9.81. The molecule has 6 rings (SSSR count). The molecule has 2 fully saturated rings. The standard InChI is InChI=1S/C34H38N6O4.3ClH/c1-42-31-27(32(43-2)37-34(36-31)44-3)22-38-20-26-21-39(33(41)28-16-10-11-17-35-28)18-19-40(26)29(23-38)30(24-12-6-4-7-13-24)25-14-8-5-9-15-25;;;/h4-17,26,29-30H,18-23H2,1-3H3;3*1H. The second-order valence-corrected chi connectivity index (χ2v) is 11.1. The van der Waals surface area contributed by atoms with Crippen molar-refractivity contribution in [3.8, 4) is 17.8 Å². The fraction of sp³-hybridized carbons (Fsp3) is 0.353. The number of pyridine rings is 1. The average Bonchev–Trinajstić information content (AvgIpc) is 3.09. The van der Waals surface area contributed by atoms with Gasteiger partial charge in [-0.3, -0.25) is 19.6 Å². The zero-order valence-corrected chi connectivity index (χ0v) is 29.0. The Morgan fingerprint density at radius 2 is 1.36 bits per heavy atom. The highest BCUT2D eigenvalue weighted by atomic mass is 35.5. The van der Waals surface area contributed by atoms with Crippen LogP contribution in [-0.4, -0.2) is 102 Å². The van der Waals surface area contributed by atoms with E-state index in [-0.39, 0.29) is 67.1 Å². The number of nitrogens with zero attached hydrogens (tertiary/aromatic N) is 6. The van der Waals surface area contributed by atoms with Gasteiger partial charge in [-0.2, -0.15) is 9.97 Å². The summed E-state index contributed by atoms with van der Waals surface area (Å²) in [6.07, 6.45) is 1.67. The van der Waals surface area contributed by atoms with Gasteiger partial charge in [-0.15, -0.1) is 37.2 Å². The molecule has 0 radical (unpaired) electrons. The maximum Gasteiger partial charge on any atom is 0.322 e. The summed E-state index contributed by atoms with van der Waals surface area (Å²) in [6, 6.07) is 27.3. The number of benzene rings is 2. The van der Waals surface area contributed by atoms with Crippen LogP contribution in [0.25, 0.3) is 0 Å². The van der Waals surface area contributed by atoms with Crippen molar-refractivity contribution in [3.63, 3.8) is 0 Å². The van der Waals surface area contributed by atoms with E-state index in [4.69, 9.17) is 14.2 Å². The number of piperazine rings is 2. The van der Waals surface area contributed by atoms with E-state index in [1.165, 1.54) is 18.2 Å². The van der Waals surface area contributed by atoms with E-state index in [0.717, 1.165) is 25.2 Å². The third kappa shape index (κ3) is 8.25. The maximum atomic E-state index is 13.5. The van der Waals surface area contributed by atoms with Crippen LogP contribution in [0.15, 0.2) is 85.1 Å². The normalized spacial score (nSPS) is 17.7. The number of halogens is 3. The van der Waals surface area contributed by atoms with E-state index in [1.54, 1.807) is 26.5 Å². The van der Waals surface area contributed by atoms with E-state index >= 15 is 0 Å². The molecule has 0 spiro atoms. The van der Waals surface area contributed by atoms with Gasteiger partial charge >= 0.3 is 6.01 Å². The SMILES string of the molecule is COc1nc(OC)c(CN2CC3CN(C(=O)c4ccccn4)CCN3C(C(c3ccccc3)c3ccccc3)C2)c(OC)n1.Cl.Cl.Cl. The fourth-order valence-electron chi connectivity index (χ4n) is 6.64. The van der Waals surface area contributed by atoms with Gasteiger partial charge in [0.25, 0.3) is 5.91 Å². The van der Waals surface area contributed by atoms with Crippen molar-refractivity contribution in [1.82, 2.24) is 29.7 Å². The molecule has 2 aromatic carbocycles. The Morgan fingerprint density at radius 1 is 0.766 bits per heavy atom. The van der Waals surface area contributed by atoms with Gasteiger partial charge in [-0.1, -0.05) is 66.7 Å². The summed E-state index contributed by atoms with van der Waals surface area (Å²) < 4.78 is 16.6. The molecule has 13 heteroatoms. The molecule has 0 saturated carbocycles. The fourth-order valence-corrected chi connectivity index (χ4v) is 6.64. The molecule has 10 nitrogen and oxygen atoms in total. The quantitative estimate of drug-likeness (QED) is 0.239. The van der Waals surface area contributed by atoms with Crippen molar-refractivity contribution in [2.45, 2.75) is 24.5 Å². The molecule has 2 aliphatic heterocycles. The summed E-state index contributed by atoms with van der Waals surface area (Å²) in [5.74, 6) is 0.932. The first-order valence-corrected chi connectivity index (χ1v) is 14.9. The number of carbonyl (C=O) groups is 1. The van der Waals surface area contributed by atoms with Crippen molar-refractivity contribution >= 4 is 43.1 Å². The number of methoxy groups -OCH3 is 3. The third-order valence-electron chi connectivity index (χ3n) is 8.60. The molecule has 2 atom stereocenters. The smallest absolute Gasteiger partial charge is 0.322 e. The summed E-state index contributed by atoms with van der Waals surface area (Å²) in [7, 11) is 4.70. The number of hydrogen-bond donors (Lipinski definition) is 0. The number of aromatic nitrogens is 3. The first-order valence-electron chi connectivity index (χ1n) is 14.9. The van der Waals surface area contributed by atoms with Crippen molar-refractivity contribution in [2.75, 3.05) is 54.1 Å². The largest absolute Gasteiger partial charge is 0.481 e. The number of hydrogen-bond acceptors (Lipinski definition) is 9. The zero-order valence-electron chi connectivity index (χ0n) is 26.6. The van der Waals surface area contributed by atoms with Gasteiger partial charge in [0.1, 0.15) is 5.69 Å². The first-order chi connectivity index (χ1) is 21.6. The topological polar surface area (TPSA) is 93.2 Å². The molecule has 4 aromatic rings. The van der Waals surface area contributed by atoms with Crippen LogP contribution in [0.1, 0.15) is 33.1 Å². The summed E-state index contributed by atoms with van der Waals surface area (Å²) in [5.41, 5.74) is 3.76. The molecular weight excluding hydrogens is 663 g/mol. The summed E-state index contributed by atoms with van der Waals surface area (Å²) in [6.45, 7) is 4.07. The Balaban J connectivity index is 0.00000200. The lowest BCUT2D eigenvalue weighted by Crippen LogP contribution is -2.67. The zero-order chi connectivity index (χ0) is 30.5. The van der Waals surface area contributed by atoms with Gasteiger partial charge in [0.2, 0.25) is 11.8 Å². The minimum Gasteiger partial charge on any atom is -0.481 e. The van der Waals surface area contributed by atoms with Gasteiger partial charge in [0, 0.05) is 63.5 Å². The second kappa shape index (κ2) is 17.5. The maximum absolute atomic E-state index is 13.5. The second-order valence-electron chi connectivity index (χ2n) is 11.1. The summed E-state index contributed by atoms with van der Waals surface area (Å²) in [4.78, 5) is 33.7. The Bertz CT molecular complexity index is 1490. The lowest BCUT2D eigenvalue weighted by Gasteiger charge is -2.53. The Hall–Kier alpha value is -3.67. The molecule has 252 valence electrons. The highest BCUT2D eigenvalue weighted by Gasteiger charge is 2.43. The van der Waals surface area contributed by atoms with Crippen LogP contribution >= 0.6 is 37.2 Å². The monoisotopic (exact) mass is 702 g/mol. The molecule has 2 unspecified atom stereocenters. The predicted molar refractivity (Wildman–Crippen MR) is 188 cm³/mol. The molecule has 0 bridgehead atoms. The van der Waals surface area contributed by atoms with Crippen LogP contribution in [0.4, 0.5) is 0 Å². The van der Waals surface area contributed by atoms with Gasteiger partial charge in [0.05, 0.1) is 26.9 Å². The third-order valence-corrected chi connectivity index (χ3v) is 8.60. The van der Waals surface area contributed by atoms with E-state index in [0.29, 0.717) is 37.1 Å². The predicted octanol–water partition coefficient (Wildman–Crippen LogP) is 5.01. The van der Waals surface area contributed by atoms with Crippen LogP contribution in [0, 0.1) is 0 Å². The Morgan fingerprint density at radius 3 is 1.89 bits per heavy atom. The van der Waals surface area contributed by atoms with Crippen LogP contribution in [0.5, 0.6) is 17.8 Å². The van der Waals surface area contributed by atoms with Gasteiger partial charge in [0.15, 0.2) is 0 Å². The van der Waals surface area contributed by atoms with Crippen LogP contribution < -0.4 is 14.2 Å². The minimum atomic E-state index is -0.0338. The van der Waals surface area contributed by atoms with Crippen molar-refractivity contribution in [3.05, 3.63) is 107 Å². The van der Waals surface area contributed by atoms with E-state index in [9.17, 15) is 4.79 Å². The van der Waals surface area contributed by atoms with Crippen molar-refractivity contribution in [2.24, 2.45) is 0 Å². The van der Waals surface area contributed by atoms with Crippen molar-refractivity contribution in [1.29, 1.82) is 0 Å². The summed E-state index contributed by atoms with van der Waals surface area (Å²) >= 11 is 0. The first kappa shape index (κ1) is 37.8. The van der Waals surface area contributed by atoms with E-state index < -0.39 is 0 Å². The molecule has 0 N–H and O–H groups in total. The molecule has 4 heterocycles. The highest BCUT2D eigenvalue weighted by molar-refractivity contribution is 5.92. The van der Waals surface area contributed by atoms with Crippen LogP contribution in [0.3, 0.4) is 0 Å². The molecule has 2 saturated heterocycles. The van der Waals surface area contributed by atoms with Gasteiger partial charge in [-0.05, 0) is 23.3 Å². The van der Waals surface area contributed by atoms with Gasteiger partial charge < -0.3 is 19.1 Å². The molecular formula is C34H41Cl3N6O4. The van der Waals surface area contributed by atoms with E-state index in [2.05, 4.69) is 85.4 Å². The highest BCUT2D eigenvalue weighted by Crippen LogP contribution is 2.37. The van der Waals surface area contributed by atoms with E-state index in [1.807, 2.05) is 17.0 Å². The number of rotatable bonds is 9. The molecule has 2 aromatic heterocycles. The Labute approximate surface area is 294 Å². The molecule has 2 aliphatic rings. The van der Waals surface area contributed by atoms with Crippen LogP contribution in [0.2, 0.25) is 0 Å². The number of ether oxygens (including phenoxy) is 3. The average molecular weight is 704 g/mol. The van der Waals surface area contributed by atoms with Gasteiger partial charge in [-0.25, -0.2) is 0 Å². The number of fused-ring (bicyclic) bond motifs is 1. The summed E-state index contributed by atoms with van der Waals surface area (Å²) in [5, 5.41) is 0. The molecule has 47 heavy (non-hydrogen) atoms. The lowest BCUT2D eigenvalue weighted by molar-refractivity contribution is -0.0293. The molecule has 0 aliphatic carbocycles. The van der Waals surface area contributed by atoms with Crippen LogP contribution in [-0.2, 0) is 6.54 Å². The van der Waals surface area contributed by atoms with Crippen molar-refractivity contribution < 1.29 is 19.0 Å². The Kier molecular flexibility index (Phi) is 14.0. The number of amides is 1. The minimum absolute atomic E-state index is 0. The number of carbonyl (C=O) groups excluding carboxylic acids is 1. The molecule has 1 amide bonds.